The lowest BCUT2D eigenvalue weighted by Gasteiger charge is -2.24. The lowest BCUT2D eigenvalue weighted by Crippen LogP contribution is -2.37. The van der Waals surface area contributed by atoms with Crippen LogP contribution in [0, 0.1) is 0 Å². The van der Waals surface area contributed by atoms with Gasteiger partial charge < -0.3 is 20.3 Å². The summed E-state index contributed by atoms with van der Waals surface area (Å²) < 4.78 is 5.11. The van der Waals surface area contributed by atoms with Crippen molar-refractivity contribution in [3.05, 3.63) is 23.8 Å². The lowest BCUT2D eigenvalue weighted by molar-refractivity contribution is 0.0746. The third kappa shape index (κ3) is 4.42. The predicted octanol–water partition coefficient (Wildman–Crippen LogP) is 1.69. The van der Waals surface area contributed by atoms with Crippen molar-refractivity contribution in [3.8, 4) is 5.75 Å². The first kappa shape index (κ1) is 16.3. The van der Waals surface area contributed by atoms with E-state index in [0.29, 0.717) is 23.5 Å². The average Bonchev–Trinajstić information content (AvgIpc) is 2.42. The third-order valence-corrected chi connectivity index (χ3v) is 3.09. The molecule has 0 aliphatic heterocycles. The van der Waals surface area contributed by atoms with Gasteiger partial charge in [-0.1, -0.05) is 6.92 Å². The topological polar surface area (TPSA) is 58.8 Å². The maximum atomic E-state index is 12.6. The maximum Gasteiger partial charge on any atom is 0.255 e. The summed E-state index contributed by atoms with van der Waals surface area (Å²) in [6.07, 6.45) is 0.926. The van der Waals surface area contributed by atoms with Crippen LogP contribution < -0.4 is 10.5 Å². The van der Waals surface area contributed by atoms with Crippen molar-refractivity contribution in [2.24, 2.45) is 0 Å². The van der Waals surface area contributed by atoms with Crippen molar-refractivity contribution in [1.82, 2.24) is 9.80 Å². The second kappa shape index (κ2) is 7.75. The Morgan fingerprint density at radius 1 is 1.25 bits per heavy atom. The normalized spacial score (nSPS) is 10.7. The number of anilines is 1. The fourth-order valence-corrected chi connectivity index (χ4v) is 1.94. The molecule has 0 aromatic heterocycles. The molecule has 0 saturated carbocycles. The Kier molecular flexibility index (Phi) is 6.31. The number of likely N-dealkylation sites (N-methyl/N-ethyl adjacent to an activating group) is 1. The van der Waals surface area contributed by atoms with E-state index < -0.39 is 0 Å². The van der Waals surface area contributed by atoms with E-state index in [2.05, 4.69) is 11.8 Å². The maximum absolute atomic E-state index is 12.6. The third-order valence-electron chi connectivity index (χ3n) is 3.09. The SMILES string of the molecule is CCCN(CCN(C)C)C(=O)c1ccc(OC)cc1N. The quantitative estimate of drug-likeness (QED) is 0.772. The Morgan fingerprint density at radius 3 is 2.45 bits per heavy atom. The Morgan fingerprint density at radius 2 is 1.95 bits per heavy atom. The van der Waals surface area contributed by atoms with E-state index in [4.69, 9.17) is 10.5 Å². The van der Waals surface area contributed by atoms with Crippen LogP contribution in [0.2, 0.25) is 0 Å². The van der Waals surface area contributed by atoms with E-state index in [1.165, 1.54) is 0 Å². The summed E-state index contributed by atoms with van der Waals surface area (Å²) in [4.78, 5) is 16.5. The molecule has 2 N–H and O–H groups in total. The molecule has 0 atom stereocenters. The number of amides is 1. The van der Waals surface area contributed by atoms with E-state index >= 15 is 0 Å². The first-order valence-corrected chi connectivity index (χ1v) is 6.87. The molecule has 5 heteroatoms. The van der Waals surface area contributed by atoms with Crippen molar-refractivity contribution < 1.29 is 9.53 Å². The van der Waals surface area contributed by atoms with Crippen LogP contribution in [-0.2, 0) is 0 Å². The van der Waals surface area contributed by atoms with Gasteiger partial charge in [-0.3, -0.25) is 4.79 Å². The van der Waals surface area contributed by atoms with Gasteiger partial charge in [0.1, 0.15) is 5.75 Å². The Labute approximate surface area is 121 Å². The Balaban J connectivity index is 2.88. The fourth-order valence-electron chi connectivity index (χ4n) is 1.94. The highest BCUT2D eigenvalue weighted by Gasteiger charge is 2.17. The number of rotatable bonds is 7. The number of ether oxygens (including phenoxy) is 1. The Hall–Kier alpha value is -1.75. The van der Waals surface area contributed by atoms with Crippen LogP contribution in [-0.4, -0.2) is 56.5 Å². The van der Waals surface area contributed by atoms with Gasteiger partial charge in [0.25, 0.3) is 5.91 Å². The minimum Gasteiger partial charge on any atom is -0.497 e. The van der Waals surface area contributed by atoms with Crippen LogP contribution in [0.1, 0.15) is 23.7 Å². The van der Waals surface area contributed by atoms with Crippen LogP contribution in [0.15, 0.2) is 18.2 Å². The summed E-state index contributed by atoms with van der Waals surface area (Å²) in [6, 6.07) is 5.18. The summed E-state index contributed by atoms with van der Waals surface area (Å²) in [5, 5.41) is 0. The first-order valence-electron chi connectivity index (χ1n) is 6.87. The molecule has 5 nitrogen and oxygen atoms in total. The van der Waals surface area contributed by atoms with Gasteiger partial charge in [-0.25, -0.2) is 0 Å². The molecular formula is C15H25N3O2. The summed E-state index contributed by atoms with van der Waals surface area (Å²) >= 11 is 0. The molecule has 0 aliphatic rings. The van der Waals surface area contributed by atoms with Gasteiger partial charge in [0.05, 0.1) is 12.7 Å². The molecule has 1 rings (SSSR count). The number of nitrogens with two attached hydrogens (primary N) is 1. The van der Waals surface area contributed by atoms with Gasteiger partial charge in [0.15, 0.2) is 0 Å². The van der Waals surface area contributed by atoms with Crippen molar-refractivity contribution in [2.75, 3.05) is 46.6 Å². The summed E-state index contributed by atoms with van der Waals surface area (Å²) in [5.41, 5.74) is 6.95. The molecule has 0 unspecified atom stereocenters. The van der Waals surface area contributed by atoms with Crippen molar-refractivity contribution in [3.63, 3.8) is 0 Å². The smallest absolute Gasteiger partial charge is 0.255 e. The average molecular weight is 279 g/mol. The molecule has 112 valence electrons. The van der Waals surface area contributed by atoms with Crippen molar-refractivity contribution in [1.29, 1.82) is 0 Å². The number of carbonyl (C=O) groups is 1. The number of hydrogen-bond acceptors (Lipinski definition) is 4. The molecule has 1 aromatic carbocycles. The number of methoxy groups -OCH3 is 1. The molecule has 0 saturated heterocycles. The van der Waals surface area contributed by atoms with Gasteiger partial charge in [0, 0.05) is 31.4 Å². The highest BCUT2D eigenvalue weighted by molar-refractivity contribution is 5.99. The molecule has 0 bridgehead atoms. The minimum atomic E-state index is -0.0196. The number of benzene rings is 1. The van der Waals surface area contributed by atoms with Crippen molar-refractivity contribution >= 4 is 11.6 Å². The molecule has 1 amide bonds. The summed E-state index contributed by atoms with van der Waals surface area (Å²) in [6.45, 7) is 4.33. The van der Waals surface area contributed by atoms with E-state index in [1.54, 1.807) is 25.3 Å². The standard InChI is InChI=1S/C15H25N3O2/c1-5-8-18(10-9-17(2)3)15(19)13-7-6-12(20-4)11-14(13)16/h6-7,11H,5,8-10,16H2,1-4H3. The molecule has 20 heavy (non-hydrogen) atoms. The van der Waals surface area contributed by atoms with Gasteiger partial charge in [-0.05, 0) is 32.6 Å². The lowest BCUT2D eigenvalue weighted by atomic mass is 10.1. The largest absolute Gasteiger partial charge is 0.497 e. The number of nitrogen functional groups attached to an aromatic ring is 1. The highest BCUT2D eigenvalue weighted by Crippen LogP contribution is 2.21. The molecule has 1 aromatic rings. The van der Waals surface area contributed by atoms with Crippen LogP contribution in [0.5, 0.6) is 5.75 Å². The molecule has 0 fully saturated rings. The van der Waals surface area contributed by atoms with E-state index in [0.717, 1.165) is 19.5 Å². The monoisotopic (exact) mass is 279 g/mol. The second-order valence-electron chi connectivity index (χ2n) is 5.05. The van der Waals surface area contributed by atoms with Crippen LogP contribution in [0.4, 0.5) is 5.69 Å². The Bertz CT molecular complexity index is 447. The molecule has 0 aliphatic carbocycles. The molecule has 0 heterocycles. The van der Waals surface area contributed by atoms with Gasteiger partial charge in [-0.2, -0.15) is 0 Å². The second-order valence-corrected chi connectivity index (χ2v) is 5.05. The van der Waals surface area contributed by atoms with Gasteiger partial charge in [0.2, 0.25) is 0 Å². The van der Waals surface area contributed by atoms with E-state index in [9.17, 15) is 4.79 Å². The van der Waals surface area contributed by atoms with Crippen LogP contribution in [0.25, 0.3) is 0 Å². The minimum absolute atomic E-state index is 0.0196. The zero-order valence-electron chi connectivity index (χ0n) is 12.8. The zero-order chi connectivity index (χ0) is 15.1. The summed E-state index contributed by atoms with van der Waals surface area (Å²) in [7, 11) is 5.57. The van der Waals surface area contributed by atoms with Gasteiger partial charge in [-0.15, -0.1) is 0 Å². The molecular weight excluding hydrogens is 254 g/mol. The van der Waals surface area contributed by atoms with E-state index in [-0.39, 0.29) is 5.91 Å². The van der Waals surface area contributed by atoms with Crippen molar-refractivity contribution in [2.45, 2.75) is 13.3 Å². The predicted molar refractivity (Wildman–Crippen MR) is 82.2 cm³/mol. The van der Waals surface area contributed by atoms with Crippen LogP contribution in [0.3, 0.4) is 0 Å². The van der Waals surface area contributed by atoms with Gasteiger partial charge >= 0.3 is 0 Å². The first-order chi connectivity index (χ1) is 9.49. The number of nitrogens with zero attached hydrogens (tertiary/aromatic N) is 2. The fraction of sp³-hybridized carbons (Fsp3) is 0.533. The van der Waals surface area contributed by atoms with E-state index in [1.807, 2.05) is 19.0 Å². The van der Waals surface area contributed by atoms with Crippen LogP contribution >= 0.6 is 0 Å². The molecule has 0 spiro atoms. The number of hydrogen-bond donors (Lipinski definition) is 1. The number of carbonyl (C=O) groups excluding carboxylic acids is 1. The molecule has 0 radical (unpaired) electrons. The highest BCUT2D eigenvalue weighted by atomic mass is 16.5. The summed E-state index contributed by atoms with van der Waals surface area (Å²) in [5.74, 6) is 0.642. The zero-order valence-corrected chi connectivity index (χ0v) is 12.8.